The molecule has 2 aromatic rings. The van der Waals surface area contributed by atoms with E-state index in [4.69, 9.17) is 14.2 Å². The molecule has 10 heteroatoms. The Labute approximate surface area is 173 Å². The third-order valence-corrected chi connectivity index (χ3v) is 4.98. The Kier molecular flexibility index (Phi) is 5.73. The Morgan fingerprint density at radius 3 is 2.53 bits per heavy atom. The highest BCUT2D eigenvalue weighted by Crippen LogP contribution is 2.35. The molecule has 30 heavy (non-hydrogen) atoms. The highest BCUT2D eigenvalue weighted by atomic mass is 16.7. The molecule has 10 nitrogen and oxygen atoms in total. The van der Waals surface area contributed by atoms with Crippen LogP contribution in [0.2, 0.25) is 0 Å². The third kappa shape index (κ3) is 4.48. The van der Waals surface area contributed by atoms with Gasteiger partial charge < -0.3 is 29.3 Å². The highest BCUT2D eigenvalue weighted by molar-refractivity contribution is 5.74. The van der Waals surface area contributed by atoms with Gasteiger partial charge in [-0.15, -0.1) is 0 Å². The predicted octanol–water partition coefficient (Wildman–Crippen LogP) is 2.23. The van der Waals surface area contributed by atoms with Gasteiger partial charge in [0.15, 0.2) is 11.5 Å². The van der Waals surface area contributed by atoms with E-state index in [0.717, 1.165) is 5.69 Å². The molecule has 0 bridgehead atoms. The molecule has 1 N–H and O–H groups in total. The summed E-state index contributed by atoms with van der Waals surface area (Å²) in [6.45, 7) is 3.42. The number of nitro groups is 1. The normalized spacial score (nSPS) is 15.1. The van der Waals surface area contributed by atoms with Crippen LogP contribution in [0.15, 0.2) is 42.5 Å². The number of urea groups is 1. The lowest BCUT2D eigenvalue weighted by Gasteiger charge is -2.36. The van der Waals surface area contributed by atoms with Crippen LogP contribution in [-0.2, 0) is 0 Å². The molecule has 4 rings (SSSR count). The third-order valence-electron chi connectivity index (χ3n) is 4.98. The standard InChI is InChI=1S/C20H22N4O6/c25-20(21-7-12-28-17-5-6-18-19(13-17)30-14-29-18)23-10-8-22(9-11-23)15-1-3-16(4-2-15)24(26)27/h1-6,13H,7-12,14H2,(H,21,25). The molecule has 0 aliphatic carbocycles. The molecule has 0 saturated carbocycles. The molecular weight excluding hydrogens is 392 g/mol. The maximum absolute atomic E-state index is 12.4. The lowest BCUT2D eigenvalue weighted by molar-refractivity contribution is -0.384. The number of nitro benzene ring substituents is 1. The number of non-ortho nitro benzene ring substituents is 1. The van der Waals surface area contributed by atoms with Gasteiger partial charge in [-0.3, -0.25) is 10.1 Å². The van der Waals surface area contributed by atoms with Crippen molar-refractivity contribution < 1.29 is 23.9 Å². The molecule has 1 saturated heterocycles. The molecule has 2 amide bonds. The summed E-state index contributed by atoms with van der Waals surface area (Å²) < 4.78 is 16.2. The van der Waals surface area contributed by atoms with Crippen molar-refractivity contribution in [2.45, 2.75) is 0 Å². The molecule has 2 aliphatic rings. The fraction of sp³-hybridized carbons (Fsp3) is 0.350. The minimum atomic E-state index is -0.414. The smallest absolute Gasteiger partial charge is 0.317 e. The zero-order valence-corrected chi connectivity index (χ0v) is 16.3. The minimum absolute atomic E-state index is 0.0692. The van der Waals surface area contributed by atoms with Crippen molar-refractivity contribution in [3.63, 3.8) is 0 Å². The van der Waals surface area contributed by atoms with Crippen LogP contribution >= 0.6 is 0 Å². The average molecular weight is 414 g/mol. The molecule has 2 aliphatic heterocycles. The Morgan fingerprint density at radius 2 is 1.80 bits per heavy atom. The van der Waals surface area contributed by atoms with Crippen LogP contribution < -0.4 is 24.4 Å². The molecular formula is C20H22N4O6. The van der Waals surface area contributed by atoms with Gasteiger partial charge in [-0.2, -0.15) is 0 Å². The van der Waals surface area contributed by atoms with E-state index in [2.05, 4.69) is 10.2 Å². The quantitative estimate of drug-likeness (QED) is 0.439. The number of benzene rings is 2. The van der Waals surface area contributed by atoms with Crippen molar-refractivity contribution in [1.82, 2.24) is 10.2 Å². The largest absolute Gasteiger partial charge is 0.492 e. The van der Waals surface area contributed by atoms with Gasteiger partial charge in [0.2, 0.25) is 6.79 Å². The number of anilines is 1. The van der Waals surface area contributed by atoms with E-state index < -0.39 is 4.92 Å². The summed E-state index contributed by atoms with van der Waals surface area (Å²) in [7, 11) is 0. The summed E-state index contributed by atoms with van der Waals surface area (Å²) in [5, 5.41) is 13.6. The van der Waals surface area contributed by atoms with Gasteiger partial charge in [0, 0.05) is 50.1 Å². The van der Waals surface area contributed by atoms with Gasteiger partial charge in [0.1, 0.15) is 12.4 Å². The monoisotopic (exact) mass is 414 g/mol. The number of carbonyl (C=O) groups excluding carboxylic acids is 1. The number of amides is 2. The van der Waals surface area contributed by atoms with Crippen molar-refractivity contribution >= 4 is 17.4 Å². The fourth-order valence-corrected chi connectivity index (χ4v) is 3.36. The van der Waals surface area contributed by atoms with Crippen molar-refractivity contribution in [2.24, 2.45) is 0 Å². The van der Waals surface area contributed by atoms with Crippen LogP contribution in [0.5, 0.6) is 17.2 Å². The van der Waals surface area contributed by atoms with Crippen molar-refractivity contribution in [2.75, 3.05) is 51.0 Å². The van der Waals surface area contributed by atoms with E-state index in [1.165, 1.54) is 12.1 Å². The average Bonchev–Trinajstić information content (AvgIpc) is 3.25. The number of rotatable bonds is 6. The van der Waals surface area contributed by atoms with Gasteiger partial charge in [0.25, 0.3) is 5.69 Å². The summed E-state index contributed by atoms with van der Waals surface area (Å²) >= 11 is 0. The minimum Gasteiger partial charge on any atom is -0.492 e. The molecule has 1 fully saturated rings. The Morgan fingerprint density at radius 1 is 1.07 bits per heavy atom. The molecule has 0 unspecified atom stereocenters. The first-order valence-corrected chi connectivity index (χ1v) is 9.65. The summed E-state index contributed by atoms with van der Waals surface area (Å²) in [6.07, 6.45) is 0. The molecule has 0 spiro atoms. The van der Waals surface area contributed by atoms with Gasteiger partial charge in [0.05, 0.1) is 11.5 Å². The number of carbonyl (C=O) groups is 1. The van der Waals surface area contributed by atoms with E-state index in [-0.39, 0.29) is 18.5 Å². The number of nitrogens with zero attached hydrogens (tertiary/aromatic N) is 3. The Balaban J connectivity index is 1.18. The summed E-state index contributed by atoms with van der Waals surface area (Å²) in [5.74, 6) is 2.01. The second-order valence-electron chi connectivity index (χ2n) is 6.84. The van der Waals surface area contributed by atoms with E-state index in [0.29, 0.717) is 56.6 Å². The number of ether oxygens (including phenoxy) is 3. The number of hydrogen-bond acceptors (Lipinski definition) is 7. The van der Waals surface area contributed by atoms with Crippen LogP contribution in [0.3, 0.4) is 0 Å². The zero-order valence-electron chi connectivity index (χ0n) is 16.3. The zero-order chi connectivity index (χ0) is 20.9. The number of fused-ring (bicyclic) bond motifs is 1. The van der Waals surface area contributed by atoms with E-state index >= 15 is 0 Å². The first kappa shape index (κ1) is 19.6. The van der Waals surface area contributed by atoms with Crippen LogP contribution in [0, 0.1) is 10.1 Å². The van der Waals surface area contributed by atoms with Crippen LogP contribution in [0.4, 0.5) is 16.2 Å². The van der Waals surface area contributed by atoms with Gasteiger partial charge >= 0.3 is 6.03 Å². The first-order chi connectivity index (χ1) is 14.6. The first-order valence-electron chi connectivity index (χ1n) is 9.65. The molecule has 0 atom stereocenters. The fourth-order valence-electron chi connectivity index (χ4n) is 3.36. The topological polar surface area (TPSA) is 106 Å². The molecule has 158 valence electrons. The number of hydrogen-bond donors (Lipinski definition) is 1. The maximum atomic E-state index is 12.4. The van der Waals surface area contributed by atoms with E-state index in [1.54, 1.807) is 35.2 Å². The summed E-state index contributed by atoms with van der Waals surface area (Å²) in [6, 6.07) is 11.7. The van der Waals surface area contributed by atoms with Crippen molar-refractivity contribution in [3.8, 4) is 17.2 Å². The molecule has 0 aromatic heterocycles. The Hall–Kier alpha value is -3.69. The van der Waals surface area contributed by atoms with E-state index in [9.17, 15) is 14.9 Å². The summed E-state index contributed by atoms with van der Waals surface area (Å²) in [4.78, 5) is 26.6. The summed E-state index contributed by atoms with van der Waals surface area (Å²) in [5.41, 5.74) is 0.984. The molecule has 0 radical (unpaired) electrons. The van der Waals surface area contributed by atoms with Crippen LogP contribution in [-0.4, -0.2) is 62.0 Å². The van der Waals surface area contributed by atoms with E-state index in [1.807, 2.05) is 0 Å². The Bertz CT molecular complexity index is 912. The van der Waals surface area contributed by atoms with Gasteiger partial charge in [-0.05, 0) is 24.3 Å². The number of nitrogens with one attached hydrogen (secondary N) is 1. The van der Waals surface area contributed by atoms with Crippen molar-refractivity contribution in [1.29, 1.82) is 0 Å². The van der Waals surface area contributed by atoms with Crippen molar-refractivity contribution in [3.05, 3.63) is 52.6 Å². The second kappa shape index (κ2) is 8.76. The number of piperazine rings is 1. The maximum Gasteiger partial charge on any atom is 0.317 e. The van der Waals surface area contributed by atoms with Gasteiger partial charge in [-0.25, -0.2) is 4.79 Å². The highest BCUT2D eigenvalue weighted by Gasteiger charge is 2.21. The predicted molar refractivity (Wildman–Crippen MR) is 108 cm³/mol. The molecule has 2 heterocycles. The second-order valence-corrected chi connectivity index (χ2v) is 6.84. The lowest BCUT2D eigenvalue weighted by Crippen LogP contribution is -2.52. The van der Waals surface area contributed by atoms with Gasteiger partial charge in [-0.1, -0.05) is 0 Å². The van der Waals surface area contributed by atoms with Crippen LogP contribution in [0.25, 0.3) is 0 Å². The lowest BCUT2D eigenvalue weighted by atomic mass is 10.2. The molecule has 2 aromatic carbocycles. The van der Waals surface area contributed by atoms with Crippen LogP contribution in [0.1, 0.15) is 0 Å². The SMILES string of the molecule is O=C(NCCOc1ccc2c(c1)OCO2)N1CCN(c2ccc([N+](=O)[O-])cc2)CC1.